The molecule has 1 saturated heterocycles. The van der Waals surface area contributed by atoms with Gasteiger partial charge in [0.2, 0.25) is 0 Å². The zero-order valence-electron chi connectivity index (χ0n) is 7.89. The quantitative estimate of drug-likeness (QED) is 0.581. The third-order valence-corrected chi connectivity index (χ3v) is 1.51. The van der Waals surface area contributed by atoms with E-state index in [1.54, 1.807) is 0 Å². The van der Waals surface area contributed by atoms with Crippen LogP contribution < -0.4 is 0 Å². The summed E-state index contributed by atoms with van der Waals surface area (Å²) in [7, 11) is 0. The molecular weight excluding hydrogens is 154 g/mol. The van der Waals surface area contributed by atoms with Crippen LogP contribution in [0, 0.1) is 0 Å². The van der Waals surface area contributed by atoms with Crippen molar-refractivity contribution >= 4 is 5.78 Å². The zero-order valence-corrected chi connectivity index (χ0v) is 7.89. The third kappa shape index (κ3) is 2.26. The van der Waals surface area contributed by atoms with Gasteiger partial charge in [-0.1, -0.05) is 0 Å². The molecule has 68 valence electrons. The molecule has 0 aromatic carbocycles. The maximum atomic E-state index is 10.6. The van der Waals surface area contributed by atoms with E-state index in [9.17, 15) is 4.79 Å². The molecule has 0 aromatic rings. The lowest BCUT2D eigenvalue weighted by Gasteiger charge is -2.35. The summed E-state index contributed by atoms with van der Waals surface area (Å²) >= 11 is 0. The van der Waals surface area contributed by atoms with E-state index in [4.69, 9.17) is 4.74 Å². The molecule has 0 unspecified atom stereocenters. The molecule has 0 aromatic heterocycles. The molecule has 1 aliphatic heterocycles. The van der Waals surface area contributed by atoms with E-state index in [0.717, 1.165) is 0 Å². The maximum absolute atomic E-state index is 10.6. The number of ketones is 1. The summed E-state index contributed by atoms with van der Waals surface area (Å²) in [5.74, 6) is 0.843. The molecule has 0 aliphatic carbocycles. The normalized spacial score (nSPS) is 17.2. The number of carbonyl (C=O) groups is 1. The second-order valence-corrected chi connectivity index (χ2v) is 4.00. The van der Waals surface area contributed by atoms with Crippen LogP contribution in [0.15, 0.2) is 12.5 Å². The fraction of sp³-hybridized carbons (Fsp3) is 0.667. The second-order valence-electron chi connectivity index (χ2n) is 4.00. The van der Waals surface area contributed by atoms with E-state index in [2.05, 4.69) is 6.58 Å². The number of nitrogens with zero attached hydrogens (tertiary/aromatic N) is 1. The number of ether oxygens (including phenoxy) is 1. The highest BCUT2D eigenvalue weighted by molar-refractivity contribution is 5.88. The van der Waals surface area contributed by atoms with Gasteiger partial charge in [-0.3, -0.25) is 4.79 Å². The van der Waals surface area contributed by atoms with Crippen LogP contribution in [-0.4, -0.2) is 29.4 Å². The van der Waals surface area contributed by atoms with Gasteiger partial charge in [-0.25, -0.2) is 0 Å². The van der Waals surface area contributed by atoms with Gasteiger partial charge in [0, 0.05) is 0 Å². The largest absolute Gasteiger partial charge is 0.474 e. The summed E-state index contributed by atoms with van der Waals surface area (Å²) in [5, 5.41) is 0. The second kappa shape index (κ2) is 2.81. The minimum absolute atomic E-state index is 0.226. The lowest BCUT2D eigenvalue weighted by Crippen LogP contribution is -2.47. The van der Waals surface area contributed by atoms with Gasteiger partial charge in [-0.05, 0) is 27.4 Å². The SMILES string of the molecule is C=C(OC(C)(C)C)N1CC(=O)C1. The van der Waals surface area contributed by atoms with Gasteiger partial charge in [-0.2, -0.15) is 0 Å². The van der Waals surface area contributed by atoms with Crippen LogP contribution in [0.4, 0.5) is 0 Å². The molecule has 1 aliphatic rings. The Morgan fingerprint density at radius 2 is 2.00 bits per heavy atom. The van der Waals surface area contributed by atoms with Crippen LogP contribution in [0.1, 0.15) is 20.8 Å². The number of Topliss-reactive ketones (excluding diaryl/α,β-unsaturated/α-hetero) is 1. The molecule has 1 fully saturated rings. The summed E-state index contributed by atoms with van der Waals surface area (Å²) in [5.41, 5.74) is -0.226. The van der Waals surface area contributed by atoms with Gasteiger partial charge < -0.3 is 9.64 Å². The first-order valence-corrected chi connectivity index (χ1v) is 4.03. The molecule has 0 radical (unpaired) electrons. The van der Waals surface area contributed by atoms with Gasteiger partial charge in [0.15, 0.2) is 11.7 Å². The first-order chi connectivity index (χ1) is 5.38. The van der Waals surface area contributed by atoms with E-state index in [1.165, 1.54) is 0 Å². The molecule has 0 saturated carbocycles. The summed E-state index contributed by atoms with van der Waals surface area (Å²) in [6.45, 7) is 10.5. The summed E-state index contributed by atoms with van der Waals surface area (Å²) in [4.78, 5) is 12.5. The van der Waals surface area contributed by atoms with E-state index < -0.39 is 0 Å². The molecule has 3 nitrogen and oxygen atoms in total. The Hall–Kier alpha value is -0.990. The van der Waals surface area contributed by atoms with Crippen molar-refractivity contribution in [2.24, 2.45) is 0 Å². The molecule has 0 N–H and O–H groups in total. The topological polar surface area (TPSA) is 29.5 Å². The highest BCUT2D eigenvalue weighted by Gasteiger charge is 2.27. The lowest BCUT2D eigenvalue weighted by atomic mass is 10.2. The Labute approximate surface area is 73.0 Å². The number of carbonyl (C=O) groups excluding carboxylic acids is 1. The molecule has 0 amide bonds. The number of likely N-dealkylation sites (tertiary alicyclic amines) is 1. The molecule has 0 bridgehead atoms. The van der Waals surface area contributed by atoms with Crippen molar-refractivity contribution in [3.05, 3.63) is 12.5 Å². The van der Waals surface area contributed by atoms with Crippen molar-refractivity contribution in [2.45, 2.75) is 26.4 Å². The van der Waals surface area contributed by atoms with Crippen molar-refractivity contribution in [3.63, 3.8) is 0 Å². The average molecular weight is 169 g/mol. The van der Waals surface area contributed by atoms with E-state index in [-0.39, 0.29) is 11.4 Å². The molecule has 1 rings (SSSR count). The maximum Gasteiger partial charge on any atom is 0.183 e. The van der Waals surface area contributed by atoms with Gasteiger partial charge in [0.1, 0.15) is 5.60 Å². The Balaban J connectivity index is 2.35. The molecule has 1 heterocycles. The molecule has 12 heavy (non-hydrogen) atoms. The van der Waals surface area contributed by atoms with Crippen LogP contribution >= 0.6 is 0 Å². The minimum Gasteiger partial charge on any atom is -0.474 e. The Bertz CT molecular complexity index is 207. The smallest absolute Gasteiger partial charge is 0.183 e. The Morgan fingerprint density at radius 1 is 1.50 bits per heavy atom. The molecule has 0 atom stereocenters. The highest BCUT2D eigenvalue weighted by Crippen LogP contribution is 2.18. The van der Waals surface area contributed by atoms with Crippen molar-refractivity contribution in [3.8, 4) is 0 Å². The van der Waals surface area contributed by atoms with Crippen LogP contribution in [0.5, 0.6) is 0 Å². The van der Waals surface area contributed by atoms with Crippen LogP contribution in [0.2, 0.25) is 0 Å². The molecule has 0 spiro atoms. The van der Waals surface area contributed by atoms with Gasteiger partial charge in [0.25, 0.3) is 0 Å². The molecular formula is C9H15NO2. The van der Waals surface area contributed by atoms with Crippen molar-refractivity contribution in [2.75, 3.05) is 13.1 Å². The summed E-state index contributed by atoms with van der Waals surface area (Å²) in [6, 6.07) is 0. The summed E-state index contributed by atoms with van der Waals surface area (Å²) in [6.07, 6.45) is 0. The van der Waals surface area contributed by atoms with Crippen LogP contribution in [0.25, 0.3) is 0 Å². The Morgan fingerprint density at radius 3 is 2.33 bits per heavy atom. The van der Waals surface area contributed by atoms with E-state index in [1.807, 2.05) is 25.7 Å². The fourth-order valence-corrected chi connectivity index (χ4v) is 0.974. The third-order valence-electron chi connectivity index (χ3n) is 1.51. The molecule has 3 heteroatoms. The number of hydrogen-bond donors (Lipinski definition) is 0. The van der Waals surface area contributed by atoms with E-state index in [0.29, 0.717) is 19.0 Å². The highest BCUT2D eigenvalue weighted by atomic mass is 16.5. The van der Waals surface area contributed by atoms with Crippen molar-refractivity contribution < 1.29 is 9.53 Å². The van der Waals surface area contributed by atoms with Gasteiger partial charge in [0.05, 0.1) is 13.1 Å². The van der Waals surface area contributed by atoms with Gasteiger partial charge >= 0.3 is 0 Å². The van der Waals surface area contributed by atoms with Crippen LogP contribution in [0.3, 0.4) is 0 Å². The first-order valence-electron chi connectivity index (χ1n) is 4.03. The number of rotatable bonds is 2. The van der Waals surface area contributed by atoms with Gasteiger partial charge in [-0.15, -0.1) is 0 Å². The van der Waals surface area contributed by atoms with E-state index >= 15 is 0 Å². The lowest BCUT2D eigenvalue weighted by molar-refractivity contribution is -0.131. The minimum atomic E-state index is -0.226. The standard InChI is InChI=1S/C9H15NO2/c1-7(12-9(2,3)4)10-5-8(11)6-10/h1,5-6H2,2-4H3. The fourth-order valence-electron chi connectivity index (χ4n) is 0.974. The predicted molar refractivity (Wildman–Crippen MR) is 46.6 cm³/mol. The first kappa shape index (κ1) is 9.10. The number of hydrogen-bond acceptors (Lipinski definition) is 3. The average Bonchev–Trinajstić information content (AvgIpc) is 1.76. The zero-order chi connectivity index (χ0) is 9.35. The Kier molecular flexibility index (Phi) is 2.13. The summed E-state index contributed by atoms with van der Waals surface area (Å²) < 4.78 is 5.47. The van der Waals surface area contributed by atoms with Crippen molar-refractivity contribution in [1.29, 1.82) is 0 Å². The van der Waals surface area contributed by atoms with Crippen molar-refractivity contribution in [1.82, 2.24) is 4.90 Å². The van der Waals surface area contributed by atoms with Crippen LogP contribution in [-0.2, 0) is 9.53 Å². The monoisotopic (exact) mass is 169 g/mol. The predicted octanol–water partition coefficient (Wildman–Crippen LogP) is 1.16.